The van der Waals surface area contributed by atoms with Gasteiger partial charge in [0.25, 0.3) is 5.91 Å². The first-order chi connectivity index (χ1) is 13.3. The van der Waals surface area contributed by atoms with E-state index in [1.165, 1.54) is 38.0 Å². The van der Waals surface area contributed by atoms with E-state index in [0.717, 1.165) is 9.87 Å². The Morgan fingerprint density at radius 2 is 1.79 bits per heavy atom. The van der Waals surface area contributed by atoms with Crippen molar-refractivity contribution in [2.45, 2.75) is 10.6 Å². The fourth-order valence-corrected chi connectivity index (χ4v) is 4.63. The summed E-state index contributed by atoms with van der Waals surface area (Å²) < 4.78 is 25.5. The maximum absolute atomic E-state index is 12.9. The van der Waals surface area contributed by atoms with Crippen LogP contribution in [-0.4, -0.2) is 55.9 Å². The highest BCUT2D eigenvalue weighted by Gasteiger charge is 2.26. The normalized spacial score (nSPS) is 14.4. The van der Waals surface area contributed by atoms with E-state index in [1.807, 2.05) is 24.3 Å². The van der Waals surface area contributed by atoms with Gasteiger partial charge in [0.15, 0.2) is 5.17 Å². The number of amidine groups is 1. The molecule has 2 aromatic carbocycles. The number of rotatable bonds is 5. The number of carbonyl (C=O) groups is 1. The maximum atomic E-state index is 12.9. The summed E-state index contributed by atoms with van der Waals surface area (Å²) in [7, 11) is -0.577. The van der Waals surface area contributed by atoms with Crippen molar-refractivity contribution in [2.24, 2.45) is 4.99 Å². The highest BCUT2D eigenvalue weighted by molar-refractivity contribution is 8.13. The number of thioether (sulfide) groups is 1. The van der Waals surface area contributed by atoms with Crippen molar-refractivity contribution in [1.29, 1.82) is 0 Å². The summed E-state index contributed by atoms with van der Waals surface area (Å²) in [6, 6.07) is 13.5. The van der Waals surface area contributed by atoms with Gasteiger partial charge in [0, 0.05) is 37.0 Å². The lowest BCUT2D eigenvalue weighted by atomic mass is 10.2. The number of amides is 1. The van der Waals surface area contributed by atoms with Crippen LogP contribution in [0.25, 0.3) is 0 Å². The molecule has 0 saturated carbocycles. The van der Waals surface area contributed by atoms with Crippen LogP contribution in [0.5, 0.6) is 0 Å². The number of aliphatic imine (C=N–C) groups is 1. The van der Waals surface area contributed by atoms with E-state index in [2.05, 4.69) is 4.99 Å². The van der Waals surface area contributed by atoms with E-state index in [0.29, 0.717) is 34.6 Å². The smallest absolute Gasteiger partial charge is 0.259 e. The summed E-state index contributed by atoms with van der Waals surface area (Å²) in [6.45, 7) is 1.07. The second-order valence-corrected chi connectivity index (χ2v) is 9.88. The zero-order valence-electron chi connectivity index (χ0n) is 15.5. The lowest BCUT2D eigenvalue weighted by Crippen LogP contribution is -2.32. The number of halogens is 1. The quantitative estimate of drug-likeness (QED) is 0.719. The lowest BCUT2D eigenvalue weighted by molar-refractivity contribution is 0.0860. The standard InChI is InChI=1S/C19H20ClN3O3S2/c1-22(2)28(25,26)17-9-5-15(6-10-17)18(24)23-12-11-21-19(23)27-13-14-3-7-16(20)8-4-14/h3-10H,11-13H2,1-2H3. The van der Waals surface area contributed by atoms with Gasteiger partial charge in [-0.3, -0.25) is 14.7 Å². The molecule has 0 fully saturated rings. The van der Waals surface area contributed by atoms with Gasteiger partial charge in [-0.25, -0.2) is 12.7 Å². The van der Waals surface area contributed by atoms with Crippen LogP contribution in [0.4, 0.5) is 0 Å². The van der Waals surface area contributed by atoms with Gasteiger partial charge in [0.1, 0.15) is 0 Å². The minimum Gasteiger partial charge on any atom is -0.286 e. The van der Waals surface area contributed by atoms with Crippen molar-refractivity contribution < 1.29 is 13.2 Å². The first-order valence-electron chi connectivity index (χ1n) is 8.55. The predicted octanol–water partition coefficient (Wildman–Crippen LogP) is 3.34. The van der Waals surface area contributed by atoms with E-state index < -0.39 is 10.0 Å². The average Bonchev–Trinajstić information content (AvgIpc) is 3.15. The summed E-state index contributed by atoms with van der Waals surface area (Å²) in [4.78, 5) is 19.1. The largest absolute Gasteiger partial charge is 0.286 e. The fourth-order valence-electron chi connectivity index (χ4n) is 2.60. The molecule has 9 heteroatoms. The highest BCUT2D eigenvalue weighted by atomic mass is 35.5. The molecular weight excluding hydrogens is 418 g/mol. The molecule has 0 aromatic heterocycles. The molecule has 148 valence electrons. The van der Waals surface area contributed by atoms with Crippen LogP contribution in [0.2, 0.25) is 5.02 Å². The summed E-state index contributed by atoms with van der Waals surface area (Å²) >= 11 is 7.40. The van der Waals surface area contributed by atoms with E-state index in [4.69, 9.17) is 11.6 Å². The Balaban J connectivity index is 1.69. The third-order valence-corrected chi connectivity index (χ3v) is 7.37. The molecule has 1 heterocycles. The monoisotopic (exact) mass is 437 g/mol. The van der Waals surface area contributed by atoms with Gasteiger partial charge >= 0.3 is 0 Å². The third kappa shape index (κ3) is 4.57. The SMILES string of the molecule is CN(C)S(=O)(=O)c1ccc(C(=O)N2CCN=C2SCc2ccc(Cl)cc2)cc1. The average molecular weight is 438 g/mol. The summed E-state index contributed by atoms with van der Waals surface area (Å²) in [5, 5.41) is 1.36. The molecule has 1 aliphatic rings. The highest BCUT2D eigenvalue weighted by Crippen LogP contribution is 2.23. The Morgan fingerprint density at radius 1 is 1.14 bits per heavy atom. The van der Waals surface area contributed by atoms with E-state index in [9.17, 15) is 13.2 Å². The van der Waals surface area contributed by atoms with E-state index >= 15 is 0 Å². The topological polar surface area (TPSA) is 70.1 Å². The molecule has 1 amide bonds. The molecule has 0 spiro atoms. The number of benzene rings is 2. The molecule has 6 nitrogen and oxygen atoms in total. The number of hydrogen-bond donors (Lipinski definition) is 0. The van der Waals surface area contributed by atoms with Crippen LogP contribution in [0.1, 0.15) is 15.9 Å². The molecule has 2 aromatic rings. The Bertz CT molecular complexity index is 988. The molecule has 0 aliphatic carbocycles. The van der Waals surface area contributed by atoms with Crippen LogP contribution >= 0.6 is 23.4 Å². The zero-order valence-corrected chi connectivity index (χ0v) is 17.9. The summed E-state index contributed by atoms with van der Waals surface area (Å²) in [5.74, 6) is 0.494. The maximum Gasteiger partial charge on any atom is 0.259 e. The Hall–Kier alpha value is -1.87. The fraction of sp³-hybridized carbons (Fsp3) is 0.263. The van der Waals surface area contributed by atoms with E-state index in [-0.39, 0.29) is 10.8 Å². The molecular formula is C19H20ClN3O3S2. The minimum absolute atomic E-state index is 0.154. The van der Waals surface area contributed by atoms with Crippen LogP contribution in [0, 0.1) is 0 Å². The van der Waals surface area contributed by atoms with Crippen LogP contribution < -0.4 is 0 Å². The number of carbonyl (C=O) groups excluding carboxylic acids is 1. The third-order valence-electron chi connectivity index (χ3n) is 4.21. The van der Waals surface area contributed by atoms with Gasteiger partial charge in [-0.2, -0.15) is 0 Å². The molecule has 0 bridgehead atoms. The summed E-state index contributed by atoms with van der Waals surface area (Å²) in [6.07, 6.45) is 0. The number of sulfonamides is 1. The second-order valence-electron chi connectivity index (χ2n) is 6.35. The van der Waals surface area contributed by atoms with Crippen molar-refractivity contribution in [3.63, 3.8) is 0 Å². The Kier molecular flexibility index (Phi) is 6.44. The molecule has 0 saturated heterocycles. The zero-order chi connectivity index (χ0) is 20.3. The second kappa shape index (κ2) is 8.65. The van der Waals surface area contributed by atoms with E-state index in [1.54, 1.807) is 17.0 Å². The van der Waals surface area contributed by atoms with Gasteiger partial charge < -0.3 is 0 Å². The van der Waals surface area contributed by atoms with Crippen LogP contribution in [0.3, 0.4) is 0 Å². The van der Waals surface area contributed by atoms with Crippen LogP contribution in [-0.2, 0) is 15.8 Å². The van der Waals surface area contributed by atoms with Gasteiger partial charge in [-0.1, -0.05) is 35.5 Å². The molecule has 0 N–H and O–H groups in total. The molecule has 0 unspecified atom stereocenters. The first-order valence-corrected chi connectivity index (χ1v) is 11.4. The van der Waals surface area contributed by atoms with Crippen molar-refractivity contribution in [3.05, 3.63) is 64.7 Å². The minimum atomic E-state index is -3.52. The first kappa shape index (κ1) is 20.9. The van der Waals surface area contributed by atoms with Gasteiger partial charge in [-0.05, 0) is 42.0 Å². The Labute approximate surface area is 174 Å². The lowest BCUT2D eigenvalue weighted by Gasteiger charge is -2.18. The van der Waals surface area contributed by atoms with Crippen molar-refractivity contribution in [1.82, 2.24) is 9.21 Å². The molecule has 0 radical (unpaired) electrons. The number of hydrogen-bond acceptors (Lipinski definition) is 5. The van der Waals surface area contributed by atoms with Gasteiger partial charge in [-0.15, -0.1) is 0 Å². The Morgan fingerprint density at radius 3 is 2.39 bits per heavy atom. The predicted molar refractivity (Wildman–Crippen MR) is 113 cm³/mol. The summed E-state index contributed by atoms with van der Waals surface area (Å²) in [5.41, 5.74) is 1.52. The molecule has 3 rings (SSSR count). The molecule has 0 atom stereocenters. The van der Waals surface area contributed by atoms with Crippen molar-refractivity contribution in [2.75, 3.05) is 27.2 Å². The molecule has 28 heavy (non-hydrogen) atoms. The van der Waals surface area contributed by atoms with Crippen molar-refractivity contribution >= 4 is 44.5 Å². The van der Waals surface area contributed by atoms with Crippen LogP contribution in [0.15, 0.2) is 58.4 Å². The van der Waals surface area contributed by atoms with Gasteiger partial charge in [0.2, 0.25) is 10.0 Å². The number of nitrogens with zero attached hydrogens (tertiary/aromatic N) is 3. The molecule has 1 aliphatic heterocycles. The van der Waals surface area contributed by atoms with Crippen molar-refractivity contribution in [3.8, 4) is 0 Å². The van der Waals surface area contributed by atoms with Gasteiger partial charge in [0.05, 0.1) is 11.4 Å².